The second-order valence-corrected chi connectivity index (χ2v) is 8.28. The van der Waals surface area contributed by atoms with E-state index in [-0.39, 0.29) is 23.7 Å². The van der Waals surface area contributed by atoms with E-state index in [1.165, 1.54) is 35.4 Å². The number of nitrogens with one attached hydrogen (secondary N) is 1. The van der Waals surface area contributed by atoms with Crippen LogP contribution in [0.25, 0.3) is 11.2 Å². The third-order valence-corrected chi connectivity index (χ3v) is 5.37. The zero-order valence-corrected chi connectivity index (χ0v) is 17.1. The summed E-state index contributed by atoms with van der Waals surface area (Å²) in [6.07, 6.45) is -2.74. The Balaban J connectivity index is 1.55. The molecule has 0 saturated carbocycles. The molecule has 15 heteroatoms. The summed E-state index contributed by atoms with van der Waals surface area (Å²) >= 11 is 0. The number of phosphoric ester groups is 1. The molecule has 4 rings (SSSR count). The number of imidazole rings is 1. The number of aromatic nitrogens is 4. The van der Waals surface area contributed by atoms with E-state index in [1.807, 2.05) is 0 Å². The van der Waals surface area contributed by atoms with E-state index in [2.05, 4.69) is 24.8 Å². The highest BCUT2D eigenvalue weighted by molar-refractivity contribution is 7.46. The van der Waals surface area contributed by atoms with Crippen LogP contribution in [0, 0.1) is 0 Å². The molecule has 1 fully saturated rings. The lowest BCUT2D eigenvalue weighted by atomic mass is 10.1. The van der Waals surface area contributed by atoms with Crippen molar-refractivity contribution < 1.29 is 44.0 Å². The van der Waals surface area contributed by atoms with E-state index in [9.17, 15) is 25.0 Å². The Morgan fingerprint density at radius 3 is 2.69 bits per heavy atom. The maximum Gasteiger partial charge on any atom is 0.469 e. The van der Waals surface area contributed by atoms with Gasteiger partial charge in [0.25, 0.3) is 0 Å². The fourth-order valence-corrected chi connectivity index (χ4v) is 3.67. The Morgan fingerprint density at radius 1 is 1.16 bits per heavy atom. The minimum Gasteiger partial charge on any atom is -0.508 e. The number of hydrogen-bond acceptors (Lipinski definition) is 11. The predicted octanol–water partition coefficient (Wildman–Crippen LogP) is -0.422. The van der Waals surface area contributed by atoms with Gasteiger partial charge >= 0.3 is 7.82 Å². The topological polar surface area (TPSA) is 213 Å². The van der Waals surface area contributed by atoms with Gasteiger partial charge in [-0.05, 0) is 18.2 Å². The van der Waals surface area contributed by atoms with Crippen molar-refractivity contribution in [2.45, 2.75) is 31.1 Å². The molecular weight excluding hydrogens is 449 g/mol. The fraction of sp³-hybridized carbons (Fsp3) is 0.353. The number of phosphoric acid groups is 1. The lowest BCUT2D eigenvalue weighted by Gasteiger charge is -2.16. The Hall–Kier alpha value is -2.84. The van der Waals surface area contributed by atoms with Gasteiger partial charge in [0.05, 0.1) is 12.9 Å². The molecule has 0 radical (unpaired) electrons. The van der Waals surface area contributed by atoms with Crippen LogP contribution >= 0.6 is 7.82 Å². The third-order valence-electron chi connectivity index (χ3n) is 4.89. The molecule has 4 atom stereocenters. The normalized spacial score (nSPS) is 23.6. The van der Waals surface area contributed by atoms with Crippen molar-refractivity contribution in [2.24, 2.45) is 0 Å². The van der Waals surface area contributed by atoms with Crippen LogP contribution in [-0.4, -0.2) is 74.7 Å². The second-order valence-electron chi connectivity index (χ2n) is 7.05. The molecule has 0 bridgehead atoms. The number of anilines is 1. The van der Waals surface area contributed by atoms with Gasteiger partial charge < -0.3 is 40.3 Å². The van der Waals surface area contributed by atoms with Crippen molar-refractivity contribution >= 4 is 24.8 Å². The van der Waals surface area contributed by atoms with Gasteiger partial charge in [0.1, 0.15) is 36.1 Å². The molecule has 0 spiro atoms. The monoisotopic (exact) mass is 469 g/mol. The number of aliphatic hydroxyl groups is 2. The van der Waals surface area contributed by atoms with Crippen LogP contribution in [0.1, 0.15) is 11.8 Å². The molecule has 1 aromatic carbocycles. The van der Waals surface area contributed by atoms with Crippen molar-refractivity contribution in [1.29, 1.82) is 0 Å². The standard InChI is InChI=1S/C17H20N5O9P/c23-9-1-2-10(24)8(3-9)4-18-15-12-16(20-6-19-15)22(7-21-12)17-14(26)13(25)11(31-17)5-30-32(27,28)29/h1-3,6-7,11,13-14,17,23-26H,4-5H2,(H,18,19,20)(H2,27,28,29)/t11-,13-,14-,17-/m1/s1. The van der Waals surface area contributed by atoms with E-state index in [1.54, 1.807) is 0 Å². The number of aliphatic hydroxyl groups excluding tert-OH is 2. The second kappa shape index (κ2) is 8.60. The maximum atomic E-state index is 10.9. The molecule has 7 N–H and O–H groups in total. The average molecular weight is 469 g/mol. The van der Waals surface area contributed by atoms with Gasteiger partial charge in [-0.3, -0.25) is 9.09 Å². The Morgan fingerprint density at radius 2 is 1.94 bits per heavy atom. The van der Waals surface area contributed by atoms with Crippen LogP contribution < -0.4 is 5.32 Å². The molecule has 1 saturated heterocycles. The molecule has 0 aliphatic carbocycles. The van der Waals surface area contributed by atoms with E-state index in [4.69, 9.17) is 14.5 Å². The number of nitrogens with zero attached hydrogens (tertiary/aromatic N) is 4. The number of rotatable bonds is 7. The lowest BCUT2D eigenvalue weighted by Crippen LogP contribution is -2.33. The van der Waals surface area contributed by atoms with Crippen LogP contribution in [0.4, 0.5) is 5.82 Å². The highest BCUT2D eigenvalue weighted by Crippen LogP contribution is 2.39. The van der Waals surface area contributed by atoms with Crippen LogP contribution in [0.15, 0.2) is 30.9 Å². The SMILES string of the molecule is O=P(O)(O)OC[C@H]1O[C@@H](n2cnc3c(NCc4cc(O)ccc4O)ncnc32)[C@H](O)[C@@H]1O. The number of phenols is 2. The first kappa shape index (κ1) is 22.4. The molecule has 1 aliphatic heterocycles. The summed E-state index contributed by atoms with van der Waals surface area (Å²) in [5, 5.41) is 43.1. The molecule has 2 aromatic heterocycles. The first-order valence-corrected chi connectivity index (χ1v) is 10.8. The highest BCUT2D eigenvalue weighted by Gasteiger charge is 2.45. The number of benzene rings is 1. The smallest absolute Gasteiger partial charge is 0.469 e. The van der Waals surface area contributed by atoms with Gasteiger partial charge in [0, 0.05) is 12.1 Å². The molecule has 14 nitrogen and oxygen atoms in total. The van der Waals surface area contributed by atoms with Gasteiger partial charge in [-0.15, -0.1) is 0 Å². The molecule has 32 heavy (non-hydrogen) atoms. The van der Waals surface area contributed by atoms with E-state index in [0.717, 1.165) is 0 Å². The average Bonchev–Trinajstić information content (AvgIpc) is 3.28. The first-order valence-electron chi connectivity index (χ1n) is 9.28. The summed E-state index contributed by atoms with van der Waals surface area (Å²) in [4.78, 5) is 30.1. The van der Waals surface area contributed by atoms with Crippen molar-refractivity contribution in [3.8, 4) is 11.5 Å². The lowest BCUT2D eigenvalue weighted by molar-refractivity contribution is -0.0504. The van der Waals surface area contributed by atoms with Crippen molar-refractivity contribution in [3.63, 3.8) is 0 Å². The van der Waals surface area contributed by atoms with E-state index >= 15 is 0 Å². The number of fused-ring (bicyclic) bond motifs is 1. The summed E-state index contributed by atoms with van der Waals surface area (Å²) in [5.41, 5.74) is 0.963. The Labute approximate surface area is 180 Å². The van der Waals surface area contributed by atoms with Crippen LogP contribution in [0.5, 0.6) is 11.5 Å². The zero-order chi connectivity index (χ0) is 23.0. The number of aromatic hydroxyl groups is 2. The van der Waals surface area contributed by atoms with Gasteiger partial charge in [0.15, 0.2) is 23.2 Å². The molecule has 172 valence electrons. The molecular formula is C17H20N5O9P. The molecule has 0 unspecified atom stereocenters. The summed E-state index contributed by atoms with van der Waals surface area (Å²) < 4.78 is 22.2. The fourth-order valence-electron chi connectivity index (χ4n) is 3.33. The van der Waals surface area contributed by atoms with Gasteiger partial charge in [-0.2, -0.15) is 0 Å². The van der Waals surface area contributed by atoms with Crippen molar-refractivity contribution in [1.82, 2.24) is 19.5 Å². The quantitative estimate of drug-likeness (QED) is 0.173. The summed E-state index contributed by atoms with van der Waals surface area (Å²) in [7, 11) is -4.78. The number of ether oxygens (including phenoxy) is 1. The van der Waals surface area contributed by atoms with E-state index < -0.39 is 39.0 Å². The number of phenolic OH excluding ortho intramolecular Hbond substituents is 2. The predicted molar refractivity (Wildman–Crippen MR) is 106 cm³/mol. The summed E-state index contributed by atoms with van der Waals surface area (Å²) in [5.74, 6) is 0.261. The first-order chi connectivity index (χ1) is 15.1. The summed E-state index contributed by atoms with van der Waals surface area (Å²) in [6, 6.07) is 4.10. The minimum absolute atomic E-state index is 0.0140. The zero-order valence-electron chi connectivity index (χ0n) is 16.3. The third kappa shape index (κ3) is 4.52. The largest absolute Gasteiger partial charge is 0.508 e. The van der Waals surface area contributed by atoms with Crippen LogP contribution in [0.3, 0.4) is 0 Å². The van der Waals surface area contributed by atoms with Crippen molar-refractivity contribution in [2.75, 3.05) is 11.9 Å². The van der Waals surface area contributed by atoms with E-state index in [0.29, 0.717) is 16.9 Å². The highest BCUT2D eigenvalue weighted by atomic mass is 31.2. The summed E-state index contributed by atoms with van der Waals surface area (Å²) in [6.45, 7) is -0.525. The Kier molecular flexibility index (Phi) is 6.01. The molecule has 3 aromatic rings. The molecule has 1 aliphatic rings. The van der Waals surface area contributed by atoms with Crippen LogP contribution in [0.2, 0.25) is 0 Å². The van der Waals surface area contributed by atoms with Gasteiger partial charge in [-0.1, -0.05) is 0 Å². The van der Waals surface area contributed by atoms with Gasteiger partial charge in [0.2, 0.25) is 0 Å². The Bertz CT molecular complexity index is 1170. The minimum atomic E-state index is -4.78. The van der Waals surface area contributed by atoms with Crippen LogP contribution in [-0.2, 0) is 20.4 Å². The maximum absolute atomic E-state index is 10.9. The molecule has 3 heterocycles. The molecule has 0 amide bonds. The van der Waals surface area contributed by atoms with Crippen molar-refractivity contribution in [3.05, 3.63) is 36.4 Å². The van der Waals surface area contributed by atoms with Gasteiger partial charge in [-0.25, -0.2) is 19.5 Å². The number of hydrogen-bond donors (Lipinski definition) is 7.